The zero-order valence-corrected chi connectivity index (χ0v) is 14.3. The Kier molecular flexibility index (Phi) is 5.60. The third-order valence-electron chi connectivity index (χ3n) is 4.39. The molecule has 1 aromatic rings. The lowest BCUT2D eigenvalue weighted by Gasteiger charge is -2.31. The monoisotopic (exact) mass is 326 g/mol. The highest BCUT2D eigenvalue weighted by atomic mass is 32.2. The summed E-state index contributed by atoms with van der Waals surface area (Å²) >= 11 is 0. The summed E-state index contributed by atoms with van der Waals surface area (Å²) in [6.45, 7) is 4.26. The number of hydrogen-bond acceptors (Lipinski definition) is 3. The molecule has 0 aliphatic carbocycles. The van der Waals surface area contributed by atoms with Gasteiger partial charge in [-0.25, -0.2) is 0 Å². The second kappa shape index (κ2) is 7.08. The minimum atomic E-state index is -3.46. The summed E-state index contributed by atoms with van der Waals surface area (Å²) in [6.07, 6.45) is 1.45. The summed E-state index contributed by atoms with van der Waals surface area (Å²) in [5.41, 5.74) is 0.837. The fourth-order valence-corrected chi connectivity index (χ4v) is 4.64. The van der Waals surface area contributed by atoms with Crippen LogP contribution >= 0.6 is 0 Å². The summed E-state index contributed by atoms with van der Waals surface area (Å²) in [5, 5.41) is 10.4. The highest BCUT2D eigenvalue weighted by Crippen LogP contribution is 2.30. The molecule has 0 spiro atoms. The molecule has 1 fully saturated rings. The van der Waals surface area contributed by atoms with Gasteiger partial charge in [0.15, 0.2) is 0 Å². The second-order valence-electron chi connectivity index (χ2n) is 6.19. The molecule has 2 unspecified atom stereocenters. The van der Waals surface area contributed by atoms with E-state index in [0.29, 0.717) is 13.0 Å². The van der Waals surface area contributed by atoms with Crippen molar-refractivity contribution in [2.75, 3.05) is 13.6 Å². The molecule has 0 radical (unpaired) electrons. The molecule has 1 aliphatic rings. The van der Waals surface area contributed by atoms with Gasteiger partial charge in [-0.15, -0.1) is 0 Å². The fourth-order valence-electron chi connectivity index (χ4n) is 2.85. The minimum absolute atomic E-state index is 0.0784. The molecule has 6 heteroatoms. The van der Waals surface area contributed by atoms with E-state index in [1.807, 2.05) is 44.2 Å². The minimum Gasteiger partial charge on any atom is -0.388 e. The molecule has 0 saturated carbocycles. The van der Waals surface area contributed by atoms with Crippen LogP contribution in [0.4, 0.5) is 0 Å². The molecule has 5 nitrogen and oxygen atoms in total. The van der Waals surface area contributed by atoms with E-state index in [9.17, 15) is 13.5 Å². The van der Waals surface area contributed by atoms with Crippen molar-refractivity contribution < 1.29 is 13.5 Å². The van der Waals surface area contributed by atoms with Crippen molar-refractivity contribution in [3.63, 3.8) is 0 Å². The van der Waals surface area contributed by atoms with Gasteiger partial charge in [0, 0.05) is 25.7 Å². The van der Waals surface area contributed by atoms with Crippen molar-refractivity contribution in [2.45, 2.75) is 51.3 Å². The van der Waals surface area contributed by atoms with Crippen LogP contribution in [-0.4, -0.2) is 47.8 Å². The lowest BCUT2D eigenvalue weighted by molar-refractivity contribution is 0.140. The van der Waals surface area contributed by atoms with Crippen molar-refractivity contribution in [3.8, 4) is 0 Å². The van der Waals surface area contributed by atoms with E-state index < -0.39 is 16.3 Å². The maximum Gasteiger partial charge on any atom is 0.282 e. The predicted molar refractivity (Wildman–Crippen MR) is 87.6 cm³/mol. The maximum absolute atomic E-state index is 12.7. The Hall–Kier alpha value is -0.950. The topological polar surface area (TPSA) is 60.9 Å². The molecular weight excluding hydrogens is 300 g/mol. The lowest BCUT2D eigenvalue weighted by Crippen LogP contribution is -2.47. The Morgan fingerprint density at radius 2 is 1.95 bits per heavy atom. The molecule has 0 bridgehead atoms. The van der Waals surface area contributed by atoms with E-state index in [1.165, 1.54) is 4.31 Å². The van der Waals surface area contributed by atoms with Crippen LogP contribution in [0, 0.1) is 0 Å². The van der Waals surface area contributed by atoms with Crippen molar-refractivity contribution in [1.29, 1.82) is 0 Å². The molecule has 1 aromatic carbocycles. The summed E-state index contributed by atoms with van der Waals surface area (Å²) in [6, 6.07) is 9.20. The second-order valence-corrected chi connectivity index (χ2v) is 8.13. The molecule has 124 valence electrons. The van der Waals surface area contributed by atoms with Gasteiger partial charge in [-0.3, -0.25) is 0 Å². The first-order valence-corrected chi connectivity index (χ1v) is 9.21. The van der Waals surface area contributed by atoms with E-state index in [0.717, 1.165) is 18.4 Å². The van der Waals surface area contributed by atoms with Crippen LogP contribution in [0.15, 0.2) is 30.3 Å². The van der Waals surface area contributed by atoms with Crippen LogP contribution < -0.4 is 0 Å². The van der Waals surface area contributed by atoms with Crippen LogP contribution in [0.25, 0.3) is 0 Å². The van der Waals surface area contributed by atoms with Gasteiger partial charge in [0.25, 0.3) is 10.2 Å². The summed E-state index contributed by atoms with van der Waals surface area (Å²) in [4.78, 5) is 0. The Morgan fingerprint density at radius 1 is 1.32 bits per heavy atom. The van der Waals surface area contributed by atoms with Crippen molar-refractivity contribution in [1.82, 2.24) is 8.61 Å². The van der Waals surface area contributed by atoms with Gasteiger partial charge in [0.1, 0.15) is 0 Å². The van der Waals surface area contributed by atoms with Crippen LogP contribution in [-0.2, 0) is 10.2 Å². The first-order valence-electron chi connectivity index (χ1n) is 7.82. The fraction of sp³-hybridized carbons (Fsp3) is 0.625. The number of aliphatic hydroxyl groups excluding tert-OH is 1. The number of hydrogen-bond donors (Lipinski definition) is 1. The molecule has 22 heavy (non-hydrogen) atoms. The third-order valence-corrected chi connectivity index (χ3v) is 6.61. The van der Waals surface area contributed by atoms with E-state index in [-0.39, 0.29) is 12.1 Å². The summed E-state index contributed by atoms with van der Waals surface area (Å²) in [7, 11) is -1.85. The van der Waals surface area contributed by atoms with Gasteiger partial charge >= 0.3 is 0 Å². The molecule has 1 N–H and O–H groups in total. The highest BCUT2D eigenvalue weighted by molar-refractivity contribution is 7.86. The molecule has 2 rings (SSSR count). The first-order chi connectivity index (χ1) is 10.3. The van der Waals surface area contributed by atoms with Crippen LogP contribution in [0.5, 0.6) is 0 Å². The van der Waals surface area contributed by atoms with Crippen LogP contribution in [0.2, 0.25) is 0 Å². The number of nitrogens with zero attached hydrogens (tertiary/aromatic N) is 2. The molecule has 0 amide bonds. The summed E-state index contributed by atoms with van der Waals surface area (Å²) in [5.74, 6) is 0. The predicted octanol–water partition coefficient (Wildman–Crippen LogP) is 2.16. The number of benzene rings is 1. The summed E-state index contributed by atoms with van der Waals surface area (Å²) < 4.78 is 28.3. The molecular formula is C16H26N2O3S. The van der Waals surface area contributed by atoms with Gasteiger partial charge in [-0.05, 0) is 38.7 Å². The molecule has 0 aromatic heterocycles. The van der Waals surface area contributed by atoms with Crippen LogP contribution in [0.1, 0.15) is 44.8 Å². The Balaban J connectivity index is 2.11. The van der Waals surface area contributed by atoms with E-state index >= 15 is 0 Å². The maximum atomic E-state index is 12.7. The Morgan fingerprint density at radius 3 is 2.55 bits per heavy atom. The quantitative estimate of drug-likeness (QED) is 0.871. The standard InChI is InChI=1S/C16H26N2O3S/c1-13(2)17(3)22(20,21)18-11-7-10-15(18)12-16(19)14-8-5-4-6-9-14/h4-6,8-9,13,15-16,19H,7,10-12H2,1-3H3. The van der Waals surface area contributed by atoms with Gasteiger partial charge in [-0.1, -0.05) is 30.3 Å². The van der Waals surface area contributed by atoms with E-state index in [2.05, 4.69) is 0 Å². The van der Waals surface area contributed by atoms with Crippen molar-refractivity contribution >= 4 is 10.2 Å². The van der Waals surface area contributed by atoms with E-state index in [1.54, 1.807) is 11.4 Å². The van der Waals surface area contributed by atoms with Gasteiger partial charge < -0.3 is 5.11 Å². The molecule has 1 saturated heterocycles. The SMILES string of the molecule is CC(C)N(C)S(=O)(=O)N1CCCC1CC(O)c1ccccc1. The van der Waals surface area contributed by atoms with E-state index in [4.69, 9.17) is 0 Å². The zero-order valence-electron chi connectivity index (χ0n) is 13.5. The largest absolute Gasteiger partial charge is 0.388 e. The third kappa shape index (κ3) is 3.68. The highest BCUT2D eigenvalue weighted by Gasteiger charge is 2.38. The average molecular weight is 326 g/mol. The zero-order chi connectivity index (χ0) is 16.3. The molecule has 1 heterocycles. The van der Waals surface area contributed by atoms with Crippen LogP contribution in [0.3, 0.4) is 0 Å². The molecule has 2 atom stereocenters. The number of rotatable bonds is 6. The van der Waals surface area contributed by atoms with Crippen molar-refractivity contribution in [2.24, 2.45) is 0 Å². The smallest absolute Gasteiger partial charge is 0.282 e. The van der Waals surface area contributed by atoms with Gasteiger partial charge in [-0.2, -0.15) is 17.0 Å². The first kappa shape index (κ1) is 17.4. The van der Waals surface area contributed by atoms with Gasteiger partial charge in [0.2, 0.25) is 0 Å². The number of aliphatic hydroxyl groups is 1. The Labute approximate surface area is 133 Å². The normalized spacial score (nSPS) is 21.6. The lowest BCUT2D eigenvalue weighted by atomic mass is 10.0. The molecule has 1 aliphatic heterocycles. The van der Waals surface area contributed by atoms with Gasteiger partial charge in [0.05, 0.1) is 6.10 Å². The average Bonchev–Trinajstić information content (AvgIpc) is 2.96. The van der Waals surface area contributed by atoms with Crippen molar-refractivity contribution in [3.05, 3.63) is 35.9 Å². The Bertz CT molecular complexity index is 574.